The number of nitrogens with one attached hydrogen (secondary N) is 1. The molecule has 0 radical (unpaired) electrons. The molecule has 0 saturated carbocycles. The van der Waals surface area contributed by atoms with E-state index in [0.717, 1.165) is 13.0 Å². The maximum absolute atomic E-state index is 12.3. The molecule has 23 heavy (non-hydrogen) atoms. The fourth-order valence-corrected chi connectivity index (χ4v) is 2.00. The summed E-state index contributed by atoms with van der Waals surface area (Å²) in [6, 6.07) is 3.78. The average Bonchev–Trinajstić information content (AvgIpc) is 2.47. The molecule has 0 bridgehead atoms. The molecule has 1 N–H and O–H groups in total. The van der Waals surface area contributed by atoms with Crippen LogP contribution in [0.1, 0.15) is 24.3 Å². The average molecular weight is 319 g/mol. The molecule has 0 aliphatic carbocycles. The number of methoxy groups -OCH3 is 1. The molecule has 0 spiro atoms. The van der Waals surface area contributed by atoms with Crippen LogP contribution in [0.25, 0.3) is 10.9 Å². The number of carbonyl (C=O) groups is 3. The van der Waals surface area contributed by atoms with Crippen LogP contribution in [0.5, 0.6) is 11.5 Å². The Morgan fingerprint density at radius 1 is 1.04 bits per heavy atom. The highest BCUT2D eigenvalue weighted by Crippen LogP contribution is 2.33. The molecule has 0 aliphatic rings. The van der Waals surface area contributed by atoms with Crippen LogP contribution in [0.4, 0.5) is 0 Å². The highest BCUT2D eigenvalue weighted by atomic mass is 16.6. The highest BCUT2D eigenvalue weighted by molar-refractivity contribution is 5.95. The first-order valence-corrected chi connectivity index (χ1v) is 6.48. The number of benzene rings is 1. The standard InChI is InChI=1S/C15H13NO7/c1-7(17)22-12-5-4-9-13(14(12)23-8(2)18)11(19)6-10(16-9)15(20)21-3/h4-6H,1-3H3,(H,16,19). The topological polar surface area (TPSA) is 112 Å². The van der Waals surface area contributed by atoms with Gasteiger partial charge in [0.2, 0.25) is 0 Å². The zero-order valence-corrected chi connectivity index (χ0v) is 12.6. The Bertz CT molecular complexity index is 866. The van der Waals surface area contributed by atoms with Gasteiger partial charge in [0.15, 0.2) is 16.9 Å². The number of fused-ring (bicyclic) bond motifs is 1. The van der Waals surface area contributed by atoms with Crippen molar-refractivity contribution in [3.63, 3.8) is 0 Å². The van der Waals surface area contributed by atoms with E-state index in [2.05, 4.69) is 9.72 Å². The largest absolute Gasteiger partial charge is 0.464 e. The number of carbonyl (C=O) groups excluding carboxylic acids is 3. The molecule has 0 saturated heterocycles. The Balaban J connectivity index is 2.76. The molecule has 0 aliphatic heterocycles. The molecule has 8 heteroatoms. The molecule has 2 aromatic rings. The monoisotopic (exact) mass is 319 g/mol. The van der Waals surface area contributed by atoms with Crippen LogP contribution in [0.15, 0.2) is 23.0 Å². The van der Waals surface area contributed by atoms with Gasteiger partial charge in [0.25, 0.3) is 0 Å². The van der Waals surface area contributed by atoms with Crippen molar-refractivity contribution >= 4 is 28.8 Å². The van der Waals surface area contributed by atoms with Gasteiger partial charge in [0, 0.05) is 19.9 Å². The lowest BCUT2D eigenvalue weighted by Crippen LogP contribution is -2.14. The van der Waals surface area contributed by atoms with Gasteiger partial charge in [-0.1, -0.05) is 0 Å². The predicted molar refractivity (Wildman–Crippen MR) is 78.5 cm³/mol. The van der Waals surface area contributed by atoms with E-state index in [-0.39, 0.29) is 28.1 Å². The van der Waals surface area contributed by atoms with Crippen LogP contribution >= 0.6 is 0 Å². The van der Waals surface area contributed by atoms with Crippen molar-refractivity contribution in [2.75, 3.05) is 7.11 Å². The number of pyridine rings is 1. The fourth-order valence-electron chi connectivity index (χ4n) is 2.00. The lowest BCUT2D eigenvalue weighted by molar-refractivity contribution is -0.134. The molecule has 2 rings (SSSR count). The molecule has 0 atom stereocenters. The van der Waals surface area contributed by atoms with Crippen molar-refractivity contribution in [1.29, 1.82) is 0 Å². The minimum atomic E-state index is -0.720. The molecule has 1 heterocycles. The van der Waals surface area contributed by atoms with Crippen LogP contribution in [0.3, 0.4) is 0 Å². The number of ether oxygens (including phenoxy) is 3. The summed E-state index contributed by atoms with van der Waals surface area (Å²) in [4.78, 5) is 49.0. The minimum Gasteiger partial charge on any atom is -0.464 e. The molecule has 1 aromatic heterocycles. The van der Waals surface area contributed by atoms with E-state index < -0.39 is 23.3 Å². The molecule has 0 unspecified atom stereocenters. The van der Waals surface area contributed by atoms with Crippen LogP contribution < -0.4 is 14.9 Å². The molecule has 0 fully saturated rings. The van der Waals surface area contributed by atoms with Gasteiger partial charge < -0.3 is 19.2 Å². The van der Waals surface area contributed by atoms with Crippen molar-refractivity contribution in [3.05, 3.63) is 34.1 Å². The van der Waals surface area contributed by atoms with E-state index in [1.165, 1.54) is 26.2 Å². The Morgan fingerprint density at radius 2 is 1.70 bits per heavy atom. The smallest absolute Gasteiger partial charge is 0.354 e. The van der Waals surface area contributed by atoms with E-state index in [1.807, 2.05) is 0 Å². The van der Waals surface area contributed by atoms with E-state index in [1.54, 1.807) is 0 Å². The van der Waals surface area contributed by atoms with Gasteiger partial charge in [0.1, 0.15) is 5.69 Å². The van der Waals surface area contributed by atoms with Crippen molar-refractivity contribution in [2.24, 2.45) is 0 Å². The Kier molecular flexibility index (Phi) is 4.44. The summed E-state index contributed by atoms with van der Waals surface area (Å²) in [6.45, 7) is 2.32. The third-order valence-electron chi connectivity index (χ3n) is 2.82. The summed E-state index contributed by atoms with van der Waals surface area (Å²) in [5, 5.41) is -0.0217. The Labute approximate surface area is 130 Å². The van der Waals surface area contributed by atoms with E-state index >= 15 is 0 Å². The van der Waals surface area contributed by atoms with Crippen LogP contribution in [0, 0.1) is 0 Å². The third-order valence-corrected chi connectivity index (χ3v) is 2.82. The number of hydrogen-bond donors (Lipinski definition) is 1. The number of esters is 3. The number of rotatable bonds is 3. The van der Waals surface area contributed by atoms with Gasteiger partial charge in [0.05, 0.1) is 18.0 Å². The van der Waals surface area contributed by atoms with Gasteiger partial charge in [-0.3, -0.25) is 14.4 Å². The van der Waals surface area contributed by atoms with E-state index in [9.17, 15) is 19.2 Å². The maximum atomic E-state index is 12.3. The van der Waals surface area contributed by atoms with Crippen LogP contribution in [-0.4, -0.2) is 30.0 Å². The first kappa shape index (κ1) is 16.2. The first-order valence-electron chi connectivity index (χ1n) is 6.48. The van der Waals surface area contributed by atoms with Crippen molar-refractivity contribution in [2.45, 2.75) is 13.8 Å². The van der Waals surface area contributed by atoms with Crippen LogP contribution in [0.2, 0.25) is 0 Å². The van der Waals surface area contributed by atoms with Crippen molar-refractivity contribution in [3.8, 4) is 11.5 Å². The summed E-state index contributed by atoms with van der Waals surface area (Å²) in [5.74, 6) is -2.32. The van der Waals surface area contributed by atoms with Gasteiger partial charge in [-0.05, 0) is 12.1 Å². The fraction of sp³-hybridized carbons (Fsp3) is 0.200. The van der Waals surface area contributed by atoms with Gasteiger partial charge >= 0.3 is 17.9 Å². The number of aromatic amines is 1. The molecule has 8 nitrogen and oxygen atoms in total. The molecule has 120 valence electrons. The Hall–Kier alpha value is -3.16. The van der Waals surface area contributed by atoms with Gasteiger partial charge in [-0.15, -0.1) is 0 Å². The molecular weight excluding hydrogens is 306 g/mol. The highest BCUT2D eigenvalue weighted by Gasteiger charge is 2.19. The summed E-state index contributed by atoms with van der Waals surface area (Å²) in [6.07, 6.45) is 0. The number of hydrogen-bond acceptors (Lipinski definition) is 7. The number of aromatic nitrogens is 1. The summed E-state index contributed by atoms with van der Waals surface area (Å²) in [7, 11) is 1.18. The van der Waals surface area contributed by atoms with Crippen molar-refractivity contribution < 1.29 is 28.6 Å². The zero-order valence-electron chi connectivity index (χ0n) is 12.6. The summed E-state index contributed by atoms with van der Waals surface area (Å²) < 4.78 is 14.5. The lowest BCUT2D eigenvalue weighted by atomic mass is 10.1. The van der Waals surface area contributed by atoms with Gasteiger partial charge in [-0.25, -0.2) is 4.79 Å². The third kappa shape index (κ3) is 3.37. The zero-order chi connectivity index (χ0) is 17.1. The first-order chi connectivity index (χ1) is 10.8. The summed E-state index contributed by atoms with van der Waals surface area (Å²) >= 11 is 0. The maximum Gasteiger partial charge on any atom is 0.354 e. The summed E-state index contributed by atoms with van der Waals surface area (Å²) in [5.41, 5.74) is -0.423. The second-order valence-electron chi connectivity index (χ2n) is 4.54. The Morgan fingerprint density at radius 3 is 2.26 bits per heavy atom. The van der Waals surface area contributed by atoms with Crippen molar-refractivity contribution in [1.82, 2.24) is 4.98 Å². The minimum absolute atomic E-state index is 0.0217. The molecule has 0 amide bonds. The number of H-pyrrole nitrogens is 1. The molecular formula is C15H13NO7. The van der Waals surface area contributed by atoms with E-state index in [0.29, 0.717) is 0 Å². The normalized spacial score (nSPS) is 10.2. The second-order valence-corrected chi connectivity index (χ2v) is 4.54. The van der Waals surface area contributed by atoms with E-state index in [4.69, 9.17) is 9.47 Å². The molecule has 1 aromatic carbocycles. The quantitative estimate of drug-likeness (QED) is 0.667. The SMILES string of the molecule is COC(=O)c1cc(=O)c2c(OC(C)=O)c(OC(C)=O)ccc2[nH]1. The van der Waals surface area contributed by atoms with Crippen LogP contribution in [-0.2, 0) is 14.3 Å². The predicted octanol–water partition coefficient (Wildman–Crippen LogP) is 1.17. The lowest BCUT2D eigenvalue weighted by Gasteiger charge is -2.11. The van der Waals surface area contributed by atoms with Gasteiger partial charge in [-0.2, -0.15) is 0 Å². The second kappa shape index (κ2) is 6.30.